The fraction of sp³-hybridized carbons (Fsp3) is 1.00. The summed E-state index contributed by atoms with van der Waals surface area (Å²) < 4.78 is 5.69. The molecule has 16 heavy (non-hydrogen) atoms. The van der Waals surface area contributed by atoms with Gasteiger partial charge in [0.05, 0.1) is 6.10 Å². The minimum absolute atomic E-state index is 0.422. The second-order valence-electron chi connectivity index (χ2n) is 5.59. The summed E-state index contributed by atoms with van der Waals surface area (Å²) in [5, 5.41) is 3.67. The number of rotatable bonds is 2. The van der Waals surface area contributed by atoms with Crippen LogP contribution in [0.5, 0.6) is 0 Å². The van der Waals surface area contributed by atoms with Crippen LogP contribution in [0.15, 0.2) is 0 Å². The maximum Gasteiger partial charge on any atom is 0.0703 e. The lowest BCUT2D eigenvalue weighted by Crippen LogP contribution is -2.47. The first-order valence-corrected chi connectivity index (χ1v) is 6.77. The van der Waals surface area contributed by atoms with E-state index in [1.807, 2.05) is 0 Å². The summed E-state index contributed by atoms with van der Waals surface area (Å²) in [5.41, 5.74) is 0. The standard InChI is InChI=1S/C13H26N2O/c1-10(2)12-9-15(7-4-6-14-12)13-5-8-16-11(13)3/h10-14H,4-9H2,1-3H3. The molecule has 0 spiro atoms. The van der Waals surface area contributed by atoms with Crippen LogP contribution < -0.4 is 5.32 Å². The second kappa shape index (κ2) is 5.48. The molecule has 1 N–H and O–H groups in total. The molecule has 2 aliphatic rings. The van der Waals surface area contributed by atoms with Gasteiger partial charge in [-0.25, -0.2) is 0 Å². The van der Waals surface area contributed by atoms with Crippen molar-refractivity contribution in [3.63, 3.8) is 0 Å². The van der Waals surface area contributed by atoms with Crippen LogP contribution in [0.4, 0.5) is 0 Å². The van der Waals surface area contributed by atoms with Gasteiger partial charge in [0.2, 0.25) is 0 Å². The van der Waals surface area contributed by atoms with Crippen LogP contribution in [0.1, 0.15) is 33.6 Å². The zero-order chi connectivity index (χ0) is 11.5. The van der Waals surface area contributed by atoms with Crippen molar-refractivity contribution in [3.05, 3.63) is 0 Å². The van der Waals surface area contributed by atoms with Crippen molar-refractivity contribution in [2.24, 2.45) is 5.92 Å². The highest BCUT2D eigenvalue weighted by Crippen LogP contribution is 2.22. The molecule has 3 atom stereocenters. The van der Waals surface area contributed by atoms with Crippen LogP contribution in [0.2, 0.25) is 0 Å². The van der Waals surface area contributed by atoms with Gasteiger partial charge in [-0.1, -0.05) is 13.8 Å². The minimum Gasteiger partial charge on any atom is -0.377 e. The Morgan fingerprint density at radius 3 is 2.81 bits per heavy atom. The lowest BCUT2D eigenvalue weighted by atomic mass is 10.0. The van der Waals surface area contributed by atoms with E-state index in [0.29, 0.717) is 18.2 Å². The molecule has 0 amide bonds. The van der Waals surface area contributed by atoms with E-state index in [4.69, 9.17) is 4.74 Å². The van der Waals surface area contributed by atoms with E-state index in [1.165, 1.54) is 32.5 Å². The molecule has 2 heterocycles. The van der Waals surface area contributed by atoms with Crippen molar-refractivity contribution < 1.29 is 4.74 Å². The maximum absolute atomic E-state index is 5.69. The van der Waals surface area contributed by atoms with Crippen LogP contribution in [0.3, 0.4) is 0 Å². The van der Waals surface area contributed by atoms with Gasteiger partial charge in [0.15, 0.2) is 0 Å². The summed E-state index contributed by atoms with van der Waals surface area (Å²) in [6, 6.07) is 1.30. The SMILES string of the molecule is CC(C)C1CN(C2CCOC2C)CCCN1. The predicted octanol–water partition coefficient (Wildman–Crippen LogP) is 1.48. The van der Waals surface area contributed by atoms with E-state index in [-0.39, 0.29) is 0 Å². The molecule has 3 heteroatoms. The topological polar surface area (TPSA) is 24.5 Å². The van der Waals surface area contributed by atoms with Crippen LogP contribution >= 0.6 is 0 Å². The molecule has 0 radical (unpaired) electrons. The van der Waals surface area contributed by atoms with Crippen LogP contribution in [-0.2, 0) is 4.74 Å². The number of hydrogen-bond donors (Lipinski definition) is 1. The van der Waals surface area contributed by atoms with Crippen molar-refractivity contribution in [1.29, 1.82) is 0 Å². The van der Waals surface area contributed by atoms with Gasteiger partial charge in [-0.3, -0.25) is 4.90 Å². The summed E-state index contributed by atoms with van der Waals surface area (Å²) in [6.07, 6.45) is 2.91. The Morgan fingerprint density at radius 1 is 1.38 bits per heavy atom. The molecule has 2 aliphatic heterocycles. The zero-order valence-corrected chi connectivity index (χ0v) is 10.9. The number of hydrogen-bond acceptors (Lipinski definition) is 3. The van der Waals surface area contributed by atoms with Gasteiger partial charge >= 0.3 is 0 Å². The summed E-state index contributed by atoms with van der Waals surface area (Å²) in [5.74, 6) is 0.721. The van der Waals surface area contributed by atoms with Gasteiger partial charge in [0, 0.05) is 25.2 Å². The fourth-order valence-corrected chi connectivity index (χ4v) is 2.93. The first-order chi connectivity index (χ1) is 7.68. The number of nitrogens with one attached hydrogen (secondary N) is 1. The molecule has 0 aromatic heterocycles. The van der Waals surface area contributed by atoms with Gasteiger partial charge in [-0.2, -0.15) is 0 Å². The summed E-state index contributed by atoms with van der Waals surface area (Å²) in [7, 11) is 0. The van der Waals surface area contributed by atoms with Crippen LogP contribution in [0, 0.1) is 5.92 Å². The lowest BCUT2D eigenvalue weighted by molar-refractivity contribution is 0.0712. The highest BCUT2D eigenvalue weighted by molar-refractivity contribution is 4.87. The molecule has 2 rings (SSSR count). The Kier molecular flexibility index (Phi) is 4.22. The van der Waals surface area contributed by atoms with Crippen molar-refractivity contribution >= 4 is 0 Å². The minimum atomic E-state index is 0.422. The molecule has 94 valence electrons. The lowest BCUT2D eigenvalue weighted by Gasteiger charge is -2.32. The number of nitrogens with zero attached hydrogens (tertiary/aromatic N) is 1. The Morgan fingerprint density at radius 2 is 2.19 bits per heavy atom. The quantitative estimate of drug-likeness (QED) is 0.772. The highest BCUT2D eigenvalue weighted by atomic mass is 16.5. The first-order valence-electron chi connectivity index (χ1n) is 6.77. The second-order valence-corrected chi connectivity index (χ2v) is 5.59. The zero-order valence-electron chi connectivity index (χ0n) is 10.9. The van der Waals surface area contributed by atoms with E-state index in [0.717, 1.165) is 12.5 Å². The molecule has 0 bridgehead atoms. The van der Waals surface area contributed by atoms with Gasteiger partial charge < -0.3 is 10.1 Å². The van der Waals surface area contributed by atoms with E-state index in [2.05, 4.69) is 31.0 Å². The molecule has 0 aromatic carbocycles. The molecular formula is C13H26N2O. The molecule has 3 unspecified atom stereocenters. The molecule has 3 nitrogen and oxygen atoms in total. The number of ether oxygens (including phenoxy) is 1. The third kappa shape index (κ3) is 2.76. The predicted molar refractivity (Wildman–Crippen MR) is 66.6 cm³/mol. The monoisotopic (exact) mass is 226 g/mol. The van der Waals surface area contributed by atoms with Crippen molar-refractivity contribution in [3.8, 4) is 0 Å². The Labute approximate surface area is 99.5 Å². The van der Waals surface area contributed by atoms with E-state index < -0.39 is 0 Å². The summed E-state index contributed by atoms with van der Waals surface area (Å²) >= 11 is 0. The van der Waals surface area contributed by atoms with Crippen molar-refractivity contribution in [1.82, 2.24) is 10.2 Å². The molecule has 0 saturated carbocycles. The summed E-state index contributed by atoms with van der Waals surface area (Å²) in [6.45, 7) is 11.4. The van der Waals surface area contributed by atoms with Gasteiger partial charge in [-0.05, 0) is 38.8 Å². The third-order valence-corrected chi connectivity index (χ3v) is 4.07. The average molecular weight is 226 g/mol. The smallest absolute Gasteiger partial charge is 0.0703 e. The molecule has 0 aliphatic carbocycles. The summed E-state index contributed by atoms with van der Waals surface area (Å²) in [4.78, 5) is 2.66. The van der Waals surface area contributed by atoms with Gasteiger partial charge in [-0.15, -0.1) is 0 Å². The average Bonchev–Trinajstić information content (AvgIpc) is 2.54. The van der Waals surface area contributed by atoms with Crippen molar-refractivity contribution in [2.45, 2.75) is 51.8 Å². The fourth-order valence-electron chi connectivity index (χ4n) is 2.93. The Hall–Kier alpha value is -0.120. The van der Waals surface area contributed by atoms with Gasteiger partial charge in [0.1, 0.15) is 0 Å². The van der Waals surface area contributed by atoms with Crippen LogP contribution in [-0.4, -0.2) is 49.3 Å². The van der Waals surface area contributed by atoms with E-state index in [1.54, 1.807) is 0 Å². The Bertz CT molecular complexity index is 220. The Balaban J connectivity index is 1.97. The largest absolute Gasteiger partial charge is 0.377 e. The normalized spacial score (nSPS) is 37.9. The van der Waals surface area contributed by atoms with Crippen molar-refractivity contribution in [2.75, 3.05) is 26.2 Å². The molecule has 2 fully saturated rings. The van der Waals surface area contributed by atoms with Gasteiger partial charge in [0.25, 0.3) is 0 Å². The highest BCUT2D eigenvalue weighted by Gasteiger charge is 2.32. The molecule has 0 aromatic rings. The van der Waals surface area contributed by atoms with E-state index in [9.17, 15) is 0 Å². The third-order valence-electron chi connectivity index (χ3n) is 4.07. The van der Waals surface area contributed by atoms with E-state index >= 15 is 0 Å². The maximum atomic E-state index is 5.69. The molecular weight excluding hydrogens is 200 g/mol. The van der Waals surface area contributed by atoms with Crippen LogP contribution in [0.25, 0.3) is 0 Å². The molecule has 2 saturated heterocycles. The first kappa shape index (κ1) is 12.3.